The lowest BCUT2D eigenvalue weighted by molar-refractivity contribution is -0.150. The zero-order chi connectivity index (χ0) is 11.7. The molecule has 0 fully saturated rings. The van der Waals surface area contributed by atoms with Crippen molar-refractivity contribution in [2.45, 2.75) is 13.0 Å². The minimum Gasteiger partial charge on any atom is -0.454 e. The molecule has 0 amide bonds. The Morgan fingerprint density at radius 1 is 1.47 bits per heavy atom. The van der Waals surface area contributed by atoms with Crippen LogP contribution in [-0.4, -0.2) is 39.0 Å². The SMILES string of the molecule is C=CCOCC(COC)OC(=O)C(=C)C. The molecule has 0 rings (SSSR count). The third kappa shape index (κ3) is 6.88. The molecular weight excluding hydrogens is 196 g/mol. The van der Waals surface area contributed by atoms with E-state index in [4.69, 9.17) is 14.2 Å². The molecule has 0 aromatic heterocycles. The summed E-state index contributed by atoms with van der Waals surface area (Å²) in [5.41, 5.74) is 0.361. The van der Waals surface area contributed by atoms with Crippen molar-refractivity contribution in [3.05, 3.63) is 24.8 Å². The van der Waals surface area contributed by atoms with Gasteiger partial charge in [-0.3, -0.25) is 0 Å². The van der Waals surface area contributed by atoms with Crippen molar-refractivity contribution in [2.75, 3.05) is 26.9 Å². The van der Waals surface area contributed by atoms with Gasteiger partial charge in [0.25, 0.3) is 0 Å². The molecule has 1 atom stereocenters. The predicted molar refractivity (Wildman–Crippen MR) is 57.6 cm³/mol. The van der Waals surface area contributed by atoms with Crippen molar-refractivity contribution in [3.63, 3.8) is 0 Å². The second kappa shape index (κ2) is 8.20. The molecule has 0 saturated heterocycles. The van der Waals surface area contributed by atoms with Crippen LogP contribution in [0.2, 0.25) is 0 Å². The summed E-state index contributed by atoms with van der Waals surface area (Å²) in [6.45, 7) is 9.61. The second-order valence-corrected chi connectivity index (χ2v) is 3.09. The van der Waals surface area contributed by atoms with E-state index in [2.05, 4.69) is 13.2 Å². The smallest absolute Gasteiger partial charge is 0.333 e. The standard InChI is InChI=1S/C11H18O4/c1-5-6-14-8-10(7-13-4)15-11(12)9(2)3/h5,10H,1-2,6-8H2,3-4H3. The highest BCUT2D eigenvalue weighted by Gasteiger charge is 2.14. The number of rotatable bonds is 8. The average molecular weight is 214 g/mol. The summed E-state index contributed by atoms with van der Waals surface area (Å²) in [7, 11) is 1.54. The largest absolute Gasteiger partial charge is 0.454 e. The van der Waals surface area contributed by atoms with Gasteiger partial charge in [0.1, 0.15) is 6.10 Å². The van der Waals surface area contributed by atoms with Gasteiger partial charge < -0.3 is 14.2 Å². The number of carbonyl (C=O) groups excluding carboxylic acids is 1. The van der Waals surface area contributed by atoms with E-state index in [1.54, 1.807) is 13.0 Å². The molecule has 0 aliphatic rings. The lowest BCUT2D eigenvalue weighted by Gasteiger charge is -2.16. The highest BCUT2D eigenvalue weighted by molar-refractivity contribution is 5.87. The number of esters is 1. The first-order chi connectivity index (χ1) is 7.11. The van der Waals surface area contributed by atoms with Gasteiger partial charge in [-0.2, -0.15) is 0 Å². The lowest BCUT2D eigenvalue weighted by atomic mass is 10.3. The lowest BCUT2D eigenvalue weighted by Crippen LogP contribution is -2.28. The molecule has 0 aromatic rings. The molecule has 0 aliphatic heterocycles. The van der Waals surface area contributed by atoms with E-state index in [0.29, 0.717) is 25.4 Å². The van der Waals surface area contributed by atoms with Gasteiger partial charge in [0.15, 0.2) is 0 Å². The Morgan fingerprint density at radius 3 is 2.60 bits per heavy atom. The maximum atomic E-state index is 11.2. The first-order valence-corrected chi connectivity index (χ1v) is 4.65. The van der Waals surface area contributed by atoms with Gasteiger partial charge >= 0.3 is 5.97 Å². The summed E-state index contributed by atoms with van der Waals surface area (Å²) >= 11 is 0. The number of carbonyl (C=O) groups is 1. The molecule has 0 spiro atoms. The van der Waals surface area contributed by atoms with Crippen LogP contribution >= 0.6 is 0 Å². The minimum atomic E-state index is -0.431. The van der Waals surface area contributed by atoms with Crippen molar-refractivity contribution in [2.24, 2.45) is 0 Å². The Morgan fingerprint density at radius 2 is 2.13 bits per heavy atom. The van der Waals surface area contributed by atoms with Gasteiger partial charge in [0.2, 0.25) is 0 Å². The van der Waals surface area contributed by atoms with E-state index in [9.17, 15) is 4.79 Å². The molecular formula is C11H18O4. The van der Waals surface area contributed by atoms with Crippen molar-refractivity contribution in [1.29, 1.82) is 0 Å². The summed E-state index contributed by atoms with van der Waals surface area (Å²) in [5.74, 6) is -0.431. The van der Waals surface area contributed by atoms with Gasteiger partial charge in [0.05, 0.1) is 19.8 Å². The number of hydrogen-bond acceptors (Lipinski definition) is 4. The fourth-order valence-electron chi connectivity index (χ4n) is 0.837. The van der Waals surface area contributed by atoms with Crippen LogP contribution in [0, 0.1) is 0 Å². The first kappa shape index (κ1) is 13.9. The van der Waals surface area contributed by atoms with Gasteiger partial charge in [-0.05, 0) is 6.92 Å². The Balaban J connectivity index is 3.96. The zero-order valence-corrected chi connectivity index (χ0v) is 9.32. The number of ether oxygens (including phenoxy) is 3. The minimum absolute atomic E-state index is 0.291. The molecule has 0 aromatic carbocycles. The molecule has 0 N–H and O–H groups in total. The Bertz CT molecular complexity index is 223. The van der Waals surface area contributed by atoms with Gasteiger partial charge in [-0.1, -0.05) is 12.7 Å². The highest BCUT2D eigenvalue weighted by atomic mass is 16.6. The summed E-state index contributed by atoms with van der Waals surface area (Å²) in [5, 5.41) is 0. The van der Waals surface area contributed by atoms with Crippen LogP contribution in [0.1, 0.15) is 6.92 Å². The number of hydrogen-bond donors (Lipinski definition) is 0. The van der Waals surface area contributed by atoms with Crippen LogP contribution in [0.3, 0.4) is 0 Å². The number of methoxy groups -OCH3 is 1. The molecule has 0 bridgehead atoms. The molecule has 4 heteroatoms. The third-order valence-corrected chi connectivity index (χ3v) is 1.51. The normalized spacial score (nSPS) is 11.9. The van der Waals surface area contributed by atoms with E-state index in [0.717, 1.165) is 0 Å². The quantitative estimate of drug-likeness (QED) is 0.264. The molecule has 0 radical (unpaired) electrons. The second-order valence-electron chi connectivity index (χ2n) is 3.09. The van der Waals surface area contributed by atoms with Crippen molar-refractivity contribution in [3.8, 4) is 0 Å². The highest BCUT2D eigenvalue weighted by Crippen LogP contribution is 2.00. The maximum absolute atomic E-state index is 11.2. The third-order valence-electron chi connectivity index (χ3n) is 1.51. The zero-order valence-electron chi connectivity index (χ0n) is 9.32. The van der Waals surface area contributed by atoms with E-state index < -0.39 is 12.1 Å². The van der Waals surface area contributed by atoms with E-state index >= 15 is 0 Å². The van der Waals surface area contributed by atoms with Gasteiger partial charge in [0, 0.05) is 12.7 Å². The molecule has 0 heterocycles. The predicted octanol–water partition coefficient (Wildman–Crippen LogP) is 1.32. The van der Waals surface area contributed by atoms with E-state index in [1.807, 2.05) is 0 Å². The summed E-state index contributed by atoms with van der Waals surface area (Å²) in [4.78, 5) is 11.2. The average Bonchev–Trinajstić information content (AvgIpc) is 2.18. The van der Waals surface area contributed by atoms with E-state index in [-0.39, 0.29) is 0 Å². The Hall–Kier alpha value is -1.13. The van der Waals surface area contributed by atoms with Crippen LogP contribution in [0.4, 0.5) is 0 Å². The summed E-state index contributed by atoms with van der Waals surface area (Å²) in [6.07, 6.45) is 1.23. The monoisotopic (exact) mass is 214 g/mol. The van der Waals surface area contributed by atoms with Gasteiger partial charge in [-0.15, -0.1) is 6.58 Å². The first-order valence-electron chi connectivity index (χ1n) is 4.65. The molecule has 0 saturated carbocycles. The molecule has 15 heavy (non-hydrogen) atoms. The van der Waals surface area contributed by atoms with Crippen LogP contribution in [0.25, 0.3) is 0 Å². The van der Waals surface area contributed by atoms with Crippen molar-refractivity contribution >= 4 is 5.97 Å². The summed E-state index contributed by atoms with van der Waals surface area (Å²) < 4.78 is 15.2. The van der Waals surface area contributed by atoms with Crippen molar-refractivity contribution < 1.29 is 19.0 Å². The van der Waals surface area contributed by atoms with Crippen LogP contribution < -0.4 is 0 Å². The van der Waals surface area contributed by atoms with Crippen LogP contribution in [0.5, 0.6) is 0 Å². The Kier molecular flexibility index (Phi) is 7.58. The van der Waals surface area contributed by atoms with E-state index in [1.165, 1.54) is 7.11 Å². The fraction of sp³-hybridized carbons (Fsp3) is 0.545. The fourth-order valence-corrected chi connectivity index (χ4v) is 0.837. The molecule has 1 unspecified atom stereocenters. The summed E-state index contributed by atoms with van der Waals surface area (Å²) in [6, 6.07) is 0. The molecule has 0 aliphatic carbocycles. The Labute approximate surface area is 90.5 Å². The molecule has 4 nitrogen and oxygen atoms in total. The molecule has 86 valence electrons. The van der Waals surface area contributed by atoms with Crippen LogP contribution in [0.15, 0.2) is 24.8 Å². The van der Waals surface area contributed by atoms with Crippen LogP contribution in [-0.2, 0) is 19.0 Å². The maximum Gasteiger partial charge on any atom is 0.333 e. The van der Waals surface area contributed by atoms with Gasteiger partial charge in [-0.25, -0.2) is 4.79 Å². The topological polar surface area (TPSA) is 44.8 Å². The van der Waals surface area contributed by atoms with Crippen molar-refractivity contribution in [1.82, 2.24) is 0 Å².